The van der Waals surface area contributed by atoms with E-state index in [-0.39, 0.29) is 30.3 Å². The van der Waals surface area contributed by atoms with Crippen LogP contribution in [0, 0.1) is 5.82 Å². The molecule has 1 atom stereocenters. The molecule has 0 aliphatic carbocycles. The highest BCUT2D eigenvalue weighted by Crippen LogP contribution is 2.20. The van der Waals surface area contributed by atoms with Gasteiger partial charge in [0.1, 0.15) is 0 Å². The standard InChI is InChI=1S/C12H18FNO5S/c1-18-8-9(5-6-15)14-20(16,17)10-3-4-12(19-2)11(13)7-10/h3-4,7,9,14-15H,5-6,8H2,1-2H3. The lowest BCUT2D eigenvalue weighted by molar-refractivity contribution is 0.158. The number of aliphatic hydroxyl groups excluding tert-OH is 1. The van der Waals surface area contributed by atoms with Gasteiger partial charge in [0.15, 0.2) is 11.6 Å². The molecule has 0 saturated carbocycles. The third-order valence-corrected chi connectivity index (χ3v) is 4.12. The summed E-state index contributed by atoms with van der Waals surface area (Å²) in [5.41, 5.74) is 0. The van der Waals surface area contributed by atoms with Crippen molar-refractivity contribution in [1.29, 1.82) is 0 Å². The molecule has 0 aliphatic heterocycles. The van der Waals surface area contributed by atoms with E-state index in [0.29, 0.717) is 0 Å². The maximum absolute atomic E-state index is 13.5. The first-order chi connectivity index (χ1) is 9.44. The lowest BCUT2D eigenvalue weighted by Crippen LogP contribution is -2.38. The van der Waals surface area contributed by atoms with Crippen LogP contribution in [-0.4, -0.2) is 47.0 Å². The molecule has 6 nitrogen and oxygen atoms in total. The monoisotopic (exact) mass is 307 g/mol. The van der Waals surface area contributed by atoms with E-state index in [9.17, 15) is 12.8 Å². The molecule has 0 heterocycles. The Labute approximate surface area is 117 Å². The zero-order valence-corrected chi connectivity index (χ0v) is 12.1. The van der Waals surface area contributed by atoms with Crippen molar-refractivity contribution < 1.29 is 27.4 Å². The van der Waals surface area contributed by atoms with Crippen LogP contribution in [0.3, 0.4) is 0 Å². The lowest BCUT2D eigenvalue weighted by atomic mass is 10.2. The van der Waals surface area contributed by atoms with Gasteiger partial charge >= 0.3 is 0 Å². The largest absolute Gasteiger partial charge is 0.494 e. The summed E-state index contributed by atoms with van der Waals surface area (Å²) in [6, 6.07) is 2.78. The van der Waals surface area contributed by atoms with Crippen LogP contribution in [0.1, 0.15) is 6.42 Å². The first-order valence-electron chi connectivity index (χ1n) is 5.90. The fourth-order valence-electron chi connectivity index (χ4n) is 1.64. The van der Waals surface area contributed by atoms with Gasteiger partial charge in [-0.25, -0.2) is 17.5 Å². The quantitative estimate of drug-likeness (QED) is 0.731. The second-order valence-corrected chi connectivity index (χ2v) is 5.80. The minimum atomic E-state index is -3.89. The molecule has 0 bridgehead atoms. The van der Waals surface area contributed by atoms with Gasteiger partial charge in [-0.2, -0.15) is 0 Å². The molecule has 0 radical (unpaired) electrons. The molecule has 1 rings (SSSR count). The molecule has 0 saturated heterocycles. The Morgan fingerprint density at radius 1 is 1.40 bits per heavy atom. The van der Waals surface area contributed by atoms with Crippen molar-refractivity contribution in [3.05, 3.63) is 24.0 Å². The minimum absolute atomic E-state index is 0.0345. The zero-order chi connectivity index (χ0) is 15.2. The van der Waals surface area contributed by atoms with Crippen molar-refractivity contribution in [3.8, 4) is 5.75 Å². The molecule has 1 aromatic carbocycles. The van der Waals surface area contributed by atoms with Crippen molar-refractivity contribution in [2.75, 3.05) is 27.4 Å². The third kappa shape index (κ3) is 4.41. The summed E-state index contributed by atoms with van der Waals surface area (Å²) in [6.45, 7) is -0.0774. The summed E-state index contributed by atoms with van der Waals surface area (Å²) < 4.78 is 49.7. The van der Waals surface area contributed by atoms with Gasteiger partial charge in [0, 0.05) is 19.8 Å². The topological polar surface area (TPSA) is 84.9 Å². The van der Waals surface area contributed by atoms with Crippen LogP contribution in [-0.2, 0) is 14.8 Å². The van der Waals surface area contributed by atoms with Crippen LogP contribution >= 0.6 is 0 Å². The SMILES string of the molecule is COCC(CCO)NS(=O)(=O)c1ccc(OC)c(F)c1. The number of ether oxygens (including phenoxy) is 2. The van der Waals surface area contributed by atoms with Crippen molar-refractivity contribution in [3.63, 3.8) is 0 Å². The van der Waals surface area contributed by atoms with Gasteiger partial charge in [-0.1, -0.05) is 0 Å². The summed E-state index contributed by atoms with van der Waals surface area (Å²) in [5.74, 6) is -0.798. The Morgan fingerprint density at radius 3 is 2.60 bits per heavy atom. The smallest absolute Gasteiger partial charge is 0.241 e. The van der Waals surface area contributed by atoms with Crippen LogP contribution in [0.4, 0.5) is 4.39 Å². The highest BCUT2D eigenvalue weighted by Gasteiger charge is 2.21. The zero-order valence-electron chi connectivity index (χ0n) is 11.3. The maximum Gasteiger partial charge on any atom is 0.241 e. The summed E-state index contributed by atoms with van der Waals surface area (Å²) in [4.78, 5) is -0.213. The van der Waals surface area contributed by atoms with Gasteiger partial charge in [-0.3, -0.25) is 0 Å². The normalized spacial score (nSPS) is 13.2. The summed E-state index contributed by atoms with van der Waals surface area (Å²) in [5, 5.41) is 8.88. The number of hydrogen-bond acceptors (Lipinski definition) is 5. The first kappa shape index (κ1) is 16.8. The van der Waals surface area contributed by atoms with Gasteiger partial charge < -0.3 is 14.6 Å². The van der Waals surface area contributed by atoms with Gasteiger partial charge in [-0.05, 0) is 24.6 Å². The van der Waals surface area contributed by atoms with E-state index < -0.39 is 21.9 Å². The van der Waals surface area contributed by atoms with Crippen molar-refractivity contribution >= 4 is 10.0 Å². The Balaban J connectivity index is 2.94. The Bertz CT molecular complexity index is 529. The minimum Gasteiger partial charge on any atom is -0.494 e. The Morgan fingerprint density at radius 2 is 2.10 bits per heavy atom. The molecule has 0 aromatic heterocycles. The molecule has 20 heavy (non-hydrogen) atoms. The predicted octanol–water partition coefficient (Wildman–Crippen LogP) is 0.510. The van der Waals surface area contributed by atoms with E-state index in [1.54, 1.807) is 0 Å². The highest BCUT2D eigenvalue weighted by atomic mass is 32.2. The van der Waals surface area contributed by atoms with E-state index >= 15 is 0 Å². The molecule has 1 aromatic rings. The number of rotatable bonds is 8. The van der Waals surface area contributed by atoms with E-state index in [2.05, 4.69) is 4.72 Å². The molecule has 0 fully saturated rings. The van der Waals surface area contributed by atoms with Crippen LogP contribution < -0.4 is 9.46 Å². The number of methoxy groups -OCH3 is 2. The van der Waals surface area contributed by atoms with E-state index in [1.807, 2.05) is 0 Å². The average Bonchev–Trinajstić information content (AvgIpc) is 2.38. The predicted molar refractivity (Wildman–Crippen MR) is 70.6 cm³/mol. The second kappa shape index (κ2) is 7.53. The first-order valence-corrected chi connectivity index (χ1v) is 7.38. The molecule has 0 aliphatic rings. The molecular formula is C12H18FNO5S. The average molecular weight is 307 g/mol. The number of sulfonamides is 1. The van der Waals surface area contributed by atoms with Crippen molar-refractivity contribution in [2.24, 2.45) is 0 Å². The van der Waals surface area contributed by atoms with Crippen LogP contribution in [0.2, 0.25) is 0 Å². The molecule has 114 valence electrons. The molecule has 0 spiro atoms. The highest BCUT2D eigenvalue weighted by molar-refractivity contribution is 7.89. The number of halogens is 1. The lowest BCUT2D eigenvalue weighted by Gasteiger charge is -2.17. The van der Waals surface area contributed by atoms with Crippen LogP contribution in [0.15, 0.2) is 23.1 Å². The number of aliphatic hydroxyl groups is 1. The second-order valence-electron chi connectivity index (χ2n) is 4.08. The van der Waals surface area contributed by atoms with E-state index in [0.717, 1.165) is 6.07 Å². The van der Waals surface area contributed by atoms with Gasteiger partial charge in [0.25, 0.3) is 0 Å². The molecule has 0 amide bonds. The fraction of sp³-hybridized carbons (Fsp3) is 0.500. The molecular weight excluding hydrogens is 289 g/mol. The van der Waals surface area contributed by atoms with Crippen molar-refractivity contribution in [2.45, 2.75) is 17.4 Å². The van der Waals surface area contributed by atoms with E-state index in [4.69, 9.17) is 14.6 Å². The van der Waals surface area contributed by atoms with Crippen LogP contribution in [0.25, 0.3) is 0 Å². The van der Waals surface area contributed by atoms with Crippen molar-refractivity contribution in [1.82, 2.24) is 4.72 Å². The van der Waals surface area contributed by atoms with Gasteiger partial charge in [-0.15, -0.1) is 0 Å². The number of hydrogen-bond donors (Lipinski definition) is 2. The van der Waals surface area contributed by atoms with E-state index in [1.165, 1.54) is 26.4 Å². The summed E-state index contributed by atoms with van der Waals surface area (Å²) in [7, 11) is -1.17. The third-order valence-electron chi connectivity index (χ3n) is 2.60. The maximum atomic E-state index is 13.5. The van der Waals surface area contributed by atoms with Gasteiger partial charge in [0.05, 0.1) is 18.6 Å². The number of benzene rings is 1. The Kier molecular flexibility index (Phi) is 6.34. The van der Waals surface area contributed by atoms with Gasteiger partial charge in [0.2, 0.25) is 10.0 Å². The molecule has 8 heteroatoms. The molecule has 2 N–H and O–H groups in total. The fourth-order valence-corrected chi connectivity index (χ4v) is 2.90. The van der Waals surface area contributed by atoms with Crippen LogP contribution in [0.5, 0.6) is 5.75 Å². The Hall–Kier alpha value is -1.22. The summed E-state index contributed by atoms with van der Waals surface area (Å²) >= 11 is 0. The number of nitrogens with one attached hydrogen (secondary N) is 1. The molecule has 1 unspecified atom stereocenters. The summed E-state index contributed by atoms with van der Waals surface area (Å²) in [6.07, 6.45) is 0.200.